The third kappa shape index (κ3) is 9.17. The summed E-state index contributed by atoms with van der Waals surface area (Å²) in [5.74, 6) is 0.0122. The maximum atomic E-state index is 11.8. The fourth-order valence-electron chi connectivity index (χ4n) is 2.70. The largest absolute Gasteiger partial charge is 0.462 e. The first-order chi connectivity index (χ1) is 9.83. The molecule has 0 aromatic carbocycles. The van der Waals surface area contributed by atoms with E-state index in [1.54, 1.807) is 0 Å². The smallest absolute Gasteiger partial charge is 0.306 e. The standard InChI is InChI=1S/C18H32O2/c1-2-3-4-11-14-17-15-12-9-7-5-6-8-10-13-16-18(19)20-17/h9,12,17H,2-8,10-11,13-16H2,1H3/t17-/m0/s1. The fraction of sp³-hybridized carbons (Fsp3) is 0.833. The van der Waals surface area contributed by atoms with Gasteiger partial charge in [0.05, 0.1) is 0 Å². The third-order valence-electron chi connectivity index (χ3n) is 4.00. The van der Waals surface area contributed by atoms with Crippen LogP contribution in [0.5, 0.6) is 0 Å². The second-order valence-electron chi connectivity index (χ2n) is 5.97. The van der Waals surface area contributed by atoms with E-state index in [0.717, 1.165) is 19.3 Å². The van der Waals surface area contributed by atoms with E-state index in [1.807, 2.05) is 0 Å². The highest BCUT2D eigenvalue weighted by molar-refractivity contribution is 5.69. The SMILES string of the molecule is CCCCCC[C@H]1CC=CCCCCCCCC(=O)O1. The van der Waals surface area contributed by atoms with E-state index in [0.29, 0.717) is 6.42 Å². The molecule has 0 fully saturated rings. The molecule has 0 aromatic heterocycles. The number of unbranched alkanes of at least 4 members (excludes halogenated alkanes) is 3. The molecule has 1 heterocycles. The molecule has 2 heteroatoms. The predicted octanol–water partition coefficient (Wildman–Crippen LogP) is 5.56. The monoisotopic (exact) mass is 280 g/mol. The highest BCUT2D eigenvalue weighted by atomic mass is 16.5. The second kappa shape index (κ2) is 12.0. The number of rotatable bonds is 5. The van der Waals surface area contributed by atoms with Crippen LogP contribution in [0, 0.1) is 0 Å². The molecule has 0 N–H and O–H groups in total. The lowest BCUT2D eigenvalue weighted by Gasteiger charge is -2.16. The molecular formula is C18H32O2. The molecule has 20 heavy (non-hydrogen) atoms. The van der Waals surface area contributed by atoms with Crippen LogP contribution in [0.25, 0.3) is 0 Å². The van der Waals surface area contributed by atoms with Crippen molar-refractivity contribution in [1.29, 1.82) is 0 Å². The summed E-state index contributed by atoms with van der Waals surface area (Å²) in [6, 6.07) is 0. The third-order valence-corrected chi connectivity index (χ3v) is 4.00. The molecule has 1 atom stereocenters. The van der Waals surface area contributed by atoms with Crippen molar-refractivity contribution in [2.45, 2.75) is 96.5 Å². The minimum Gasteiger partial charge on any atom is -0.462 e. The van der Waals surface area contributed by atoms with Crippen molar-refractivity contribution in [2.24, 2.45) is 0 Å². The van der Waals surface area contributed by atoms with E-state index in [4.69, 9.17) is 4.74 Å². The van der Waals surface area contributed by atoms with E-state index in [-0.39, 0.29) is 12.1 Å². The van der Waals surface area contributed by atoms with Crippen LogP contribution in [-0.2, 0) is 9.53 Å². The normalized spacial score (nSPS) is 22.4. The number of hydrogen-bond donors (Lipinski definition) is 0. The topological polar surface area (TPSA) is 26.3 Å². The Balaban J connectivity index is 2.37. The van der Waals surface area contributed by atoms with Gasteiger partial charge in [-0.1, -0.05) is 57.6 Å². The minimum atomic E-state index is 0.0122. The van der Waals surface area contributed by atoms with Crippen molar-refractivity contribution in [3.63, 3.8) is 0 Å². The molecule has 0 amide bonds. The molecule has 0 bridgehead atoms. The van der Waals surface area contributed by atoms with Gasteiger partial charge in [-0.05, 0) is 32.1 Å². The van der Waals surface area contributed by atoms with Gasteiger partial charge in [-0.2, -0.15) is 0 Å². The molecule has 116 valence electrons. The highest BCUT2D eigenvalue weighted by Gasteiger charge is 2.13. The second-order valence-corrected chi connectivity index (χ2v) is 5.97. The molecule has 0 saturated carbocycles. The Morgan fingerprint density at radius 3 is 2.70 bits per heavy atom. The summed E-state index contributed by atoms with van der Waals surface area (Å²) in [4.78, 5) is 11.8. The van der Waals surface area contributed by atoms with Crippen molar-refractivity contribution in [1.82, 2.24) is 0 Å². The van der Waals surface area contributed by atoms with Gasteiger partial charge >= 0.3 is 5.97 Å². The molecular weight excluding hydrogens is 248 g/mol. The number of allylic oxidation sites excluding steroid dienone is 1. The Kier molecular flexibility index (Phi) is 10.3. The lowest BCUT2D eigenvalue weighted by molar-refractivity contribution is -0.149. The molecule has 0 saturated heterocycles. The number of hydrogen-bond acceptors (Lipinski definition) is 2. The molecule has 0 spiro atoms. The van der Waals surface area contributed by atoms with Crippen molar-refractivity contribution in [2.75, 3.05) is 0 Å². The number of carbonyl (C=O) groups is 1. The Morgan fingerprint density at radius 1 is 1.05 bits per heavy atom. The van der Waals surface area contributed by atoms with Gasteiger partial charge in [0, 0.05) is 12.8 Å². The highest BCUT2D eigenvalue weighted by Crippen LogP contribution is 2.16. The first kappa shape index (κ1) is 17.3. The summed E-state index contributed by atoms with van der Waals surface area (Å²) < 4.78 is 5.65. The predicted molar refractivity (Wildman–Crippen MR) is 84.7 cm³/mol. The van der Waals surface area contributed by atoms with Crippen molar-refractivity contribution in [3.8, 4) is 0 Å². The summed E-state index contributed by atoms with van der Waals surface area (Å²) in [5, 5.41) is 0. The Morgan fingerprint density at radius 2 is 1.85 bits per heavy atom. The van der Waals surface area contributed by atoms with Crippen LogP contribution in [0.1, 0.15) is 90.4 Å². The van der Waals surface area contributed by atoms with Crippen LogP contribution in [0.4, 0.5) is 0 Å². The zero-order valence-electron chi connectivity index (χ0n) is 13.2. The lowest BCUT2D eigenvalue weighted by Crippen LogP contribution is -2.17. The Labute approximate surface area is 125 Å². The summed E-state index contributed by atoms with van der Waals surface area (Å²) in [7, 11) is 0. The van der Waals surface area contributed by atoms with E-state index in [9.17, 15) is 4.79 Å². The van der Waals surface area contributed by atoms with Gasteiger partial charge in [-0.15, -0.1) is 0 Å². The van der Waals surface area contributed by atoms with Gasteiger partial charge in [0.25, 0.3) is 0 Å². The van der Waals surface area contributed by atoms with Gasteiger partial charge in [-0.25, -0.2) is 0 Å². The van der Waals surface area contributed by atoms with E-state index < -0.39 is 0 Å². The number of cyclic esters (lactones) is 1. The number of carbonyl (C=O) groups excluding carboxylic acids is 1. The van der Waals surface area contributed by atoms with Crippen molar-refractivity contribution in [3.05, 3.63) is 12.2 Å². The fourth-order valence-corrected chi connectivity index (χ4v) is 2.70. The van der Waals surface area contributed by atoms with Gasteiger partial charge in [0.15, 0.2) is 0 Å². The summed E-state index contributed by atoms with van der Waals surface area (Å²) in [6.45, 7) is 2.22. The Hall–Kier alpha value is -0.790. The number of esters is 1. The van der Waals surface area contributed by atoms with Crippen LogP contribution >= 0.6 is 0 Å². The van der Waals surface area contributed by atoms with Crippen molar-refractivity contribution >= 4 is 5.97 Å². The van der Waals surface area contributed by atoms with Crippen LogP contribution < -0.4 is 0 Å². The molecule has 1 aliphatic rings. The zero-order valence-corrected chi connectivity index (χ0v) is 13.2. The quantitative estimate of drug-likeness (QED) is 0.374. The van der Waals surface area contributed by atoms with Gasteiger partial charge in [0.1, 0.15) is 6.10 Å². The first-order valence-corrected chi connectivity index (χ1v) is 8.67. The maximum absolute atomic E-state index is 11.8. The lowest BCUT2D eigenvalue weighted by atomic mass is 10.1. The van der Waals surface area contributed by atoms with E-state index in [1.165, 1.54) is 57.8 Å². The zero-order chi connectivity index (χ0) is 14.5. The van der Waals surface area contributed by atoms with E-state index >= 15 is 0 Å². The Bertz CT molecular complexity index is 271. The molecule has 1 rings (SSSR count). The molecule has 2 nitrogen and oxygen atoms in total. The van der Waals surface area contributed by atoms with Gasteiger partial charge in [-0.3, -0.25) is 4.79 Å². The van der Waals surface area contributed by atoms with Gasteiger partial charge < -0.3 is 4.74 Å². The molecule has 0 unspecified atom stereocenters. The molecule has 0 aliphatic carbocycles. The minimum absolute atomic E-state index is 0.0122. The van der Waals surface area contributed by atoms with Crippen LogP contribution in [-0.4, -0.2) is 12.1 Å². The van der Waals surface area contributed by atoms with Crippen LogP contribution in [0.3, 0.4) is 0 Å². The summed E-state index contributed by atoms with van der Waals surface area (Å²) >= 11 is 0. The summed E-state index contributed by atoms with van der Waals surface area (Å²) in [6.07, 6.45) is 19.3. The van der Waals surface area contributed by atoms with Gasteiger partial charge in [0.2, 0.25) is 0 Å². The summed E-state index contributed by atoms with van der Waals surface area (Å²) in [5.41, 5.74) is 0. The molecule has 0 radical (unpaired) electrons. The van der Waals surface area contributed by atoms with Crippen LogP contribution in [0.2, 0.25) is 0 Å². The maximum Gasteiger partial charge on any atom is 0.306 e. The van der Waals surface area contributed by atoms with E-state index in [2.05, 4.69) is 19.1 Å². The van der Waals surface area contributed by atoms with Crippen LogP contribution in [0.15, 0.2) is 12.2 Å². The molecule has 1 aliphatic heterocycles. The van der Waals surface area contributed by atoms with Crippen molar-refractivity contribution < 1.29 is 9.53 Å². The average molecular weight is 280 g/mol. The number of ether oxygens (including phenoxy) is 1. The average Bonchev–Trinajstić information content (AvgIpc) is 2.46. The molecule has 0 aromatic rings. The first-order valence-electron chi connectivity index (χ1n) is 8.67.